The summed E-state index contributed by atoms with van der Waals surface area (Å²) in [7, 11) is 0. The lowest BCUT2D eigenvalue weighted by Gasteiger charge is -2.02. The van der Waals surface area contributed by atoms with Crippen molar-refractivity contribution in [2.24, 2.45) is 10.8 Å². The van der Waals surface area contributed by atoms with Crippen molar-refractivity contribution in [1.82, 2.24) is 15.8 Å². The van der Waals surface area contributed by atoms with Gasteiger partial charge in [0.2, 0.25) is 5.82 Å². The summed E-state index contributed by atoms with van der Waals surface area (Å²) < 4.78 is 4.48. The first-order chi connectivity index (χ1) is 8.74. The van der Waals surface area contributed by atoms with Crippen molar-refractivity contribution >= 4 is 28.9 Å². The van der Waals surface area contributed by atoms with Gasteiger partial charge in [-0.3, -0.25) is 10.7 Å². The van der Waals surface area contributed by atoms with Crippen LogP contribution >= 0.6 is 11.6 Å². The van der Waals surface area contributed by atoms with Gasteiger partial charge >= 0.3 is 0 Å². The minimum absolute atomic E-state index is 0.0199. The van der Waals surface area contributed by atoms with Crippen molar-refractivity contribution in [2.75, 3.05) is 5.43 Å². The van der Waals surface area contributed by atoms with Crippen LogP contribution in [0.1, 0.15) is 5.69 Å². The van der Waals surface area contributed by atoms with E-state index in [0.717, 1.165) is 0 Å². The Kier molecular flexibility index (Phi) is 3.72. The lowest BCUT2D eigenvalue weighted by Crippen LogP contribution is -2.23. The average molecular weight is 269 g/mol. The molecule has 94 valence electrons. The first kappa shape index (κ1) is 12.3. The number of amidine groups is 1. The van der Waals surface area contributed by atoms with E-state index in [0.29, 0.717) is 10.7 Å². The van der Waals surface area contributed by atoms with Crippen LogP contribution in [0.3, 0.4) is 0 Å². The van der Waals surface area contributed by atoms with Crippen LogP contribution in [0.15, 0.2) is 33.9 Å². The Hall–Kier alpha value is -2.16. The highest BCUT2D eigenvalue weighted by Crippen LogP contribution is 2.19. The van der Waals surface area contributed by atoms with Crippen molar-refractivity contribution in [3.8, 4) is 0 Å². The highest BCUT2D eigenvalue weighted by Gasteiger charge is 2.15. The van der Waals surface area contributed by atoms with E-state index in [2.05, 4.69) is 25.4 Å². The van der Waals surface area contributed by atoms with Crippen LogP contribution < -0.4 is 16.7 Å². The molecule has 0 amide bonds. The second kappa shape index (κ2) is 5.45. The highest BCUT2D eigenvalue weighted by atomic mass is 35.5. The predicted octanol–water partition coefficient (Wildman–Crippen LogP) is 1.07. The molecule has 0 saturated carbocycles. The van der Waals surface area contributed by atoms with Gasteiger partial charge in [0, 0.05) is 5.02 Å². The fraction of sp³-hybridized carbons (Fsp3) is 0. The van der Waals surface area contributed by atoms with Crippen molar-refractivity contribution in [1.29, 1.82) is 0 Å². The molecule has 0 spiro atoms. The summed E-state index contributed by atoms with van der Waals surface area (Å²) in [5.41, 5.74) is 4.82. The summed E-state index contributed by atoms with van der Waals surface area (Å²) in [4.78, 5) is 4.10. The number of benzene rings is 1. The second-order valence-corrected chi connectivity index (χ2v) is 3.59. The molecule has 1 heterocycles. The van der Waals surface area contributed by atoms with Gasteiger partial charge in [0.25, 0.3) is 0 Å². The number of anilines is 1. The monoisotopic (exact) mass is 268 g/mol. The van der Waals surface area contributed by atoms with Crippen LogP contribution in [-0.2, 0) is 0 Å². The zero-order valence-electron chi connectivity index (χ0n) is 8.96. The Bertz CT molecular complexity index is 570. The largest absolute Gasteiger partial charge is 0.304 e. The molecule has 2 rings (SSSR count). The third-order valence-electron chi connectivity index (χ3n) is 2.00. The van der Waals surface area contributed by atoms with Crippen LogP contribution in [0, 0.1) is 0 Å². The molecule has 0 unspecified atom stereocenters. The average Bonchev–Trinajstić information content (AvgIpc) is 2.84. The first-order valence-electron chi connectivity index (χ1n) is 4.78. The summed E-state index contributed by atoms with van der Waals surface area (Å²) in [5, 5.41) is 16.6. The molecular formula is C9H9ClN6O2. The SMILES string of the molecule is NNc1nonc1C(=Nc1cccc(Cl)c1)NO. The molecule has 9 heteroatoms. The normalized spacial score (nSPS) is 11.4. The molecule has 0 saturated heterocycles. The Morgan fingerprint density at radius 3 is 2.94 bits per heavy atom. The van der Waals surface area contributed by atoms with Gasteiger partial charge in [-0.15, -0.1) is 0 Å². The van der Waals surface area contributed by atoms with Crippen molar-refractivity contribution in [3.05, 3.63) is 35.0 Å². The zero-order valence-corrected chi connectivity index (χ0v) is 9.72. The van der Waals surface area contributed by atoms with Crippen LogP contribution in [0.2, 0.25) is 5.02 Å². The van der Waals surface area contributed by atoms with E-state index in [4.69, 9.17) is 22.7 Å². The first-order valence-corrected chi connectivity index (χ1v) is 5.16. The third-order valence-corrected chi connectivity index (χ3v) is 2.24. The quantitative estimate of drug-likeness (QED) is 0.284. The summed E-state index contributed by atoms with van der Waals surface area (Å²) in [5.74, 6) is 5.36. The topological polar surface area (TPSA) is 122 Å². The van der Waals surface area contributed by atoms with E-state index in [-0.39, 0.29) is 17.3 Å². The number of hydrogen-bond donors (Lipinski definition) is 4. The fourth-order valence-corrected chi connectivity index (χ4v) is 1.43. The van der Waals surface area contributed by atoms with Gasteiger partial charge < -0.3 is 5.43 Å². The molecule has 0 fully saturated rings. The third kappa shape index (κ3) is 2.56. The number of nitrogens with one attached hydrogen (secondary N) is 2. The lowest BCUT2D eigenvalue weighted by molar-refractivity contribution is 0.234. The summed E-state index contributed by atoms with van der Waals surface area (Å²) in [6, 6.07) is 6.74. The number of halogens is 1. The standard InChI is InChI=1S/C9H9ClN6O2/c10-5-2-1-3-6(4-5)12-8(14-17)7-9(13-11)16-18-15-7/h1-4,17H,11H2,(H,12,14)(H,13,16). The Labute approximate surface area is 106 Å². The Morgan fingerprint density at radius 2 is 2.28 bits per heavy atom. The van der Waals surface area contributed by atoms with Gasteiger partial charge in [0.15, 0.2) is 11.5 Å². The molecule has 2 aromatic rings. The molecule has 0 aliphatic carbocycles. The zero-order chi connectivity index (χ0) is 13.0. The number of hydrazine groups is 1. The minimum Gasteiger partial charge on any atom is -0.304 e. The van der Waals surface area contributed by atoms with Gasteiger partial charge in [0.1, 0.15) is 0 Å². The second-order valence-electron chi connectivity index (χ2n) is 3.16. The van der Waals surface area contributed by atoms with Crippen LogP contribution in [-0.4, -0.2) is 21.4 Å². The van der Waals surface area contributed by atoms with E-state index in [1.807, 2.05) is 5.48 Å². The van der Waals surface area contributed by atoms with Crippen molar-refractivity contribution in [2.45, 2.75) is 0 Å². The van der Waals surface area contributed by atoms with E-state index in [1.165, 1.54) is 0 Å². The minimum atomic E-state index is 0.0199. The number of nitrogens with two attached hydrogens (primary N) is 1. The van der Waals surface area contributed by atoms with Crippen molar-refractivity contribution < 1.29 is 9.84 Å². The molecule has 5 N–H and O–H groups in total. The summed E-state index contributed by atoms with van der Waals surface area (Å²) in [6.07, 6.45) is 0. The molecule has 0 radical (unpaired) electrons. The molecule has 0 atom stereocenters. The van der Waals surface area contributed by atoms with Crippen LogP contribution in [0.5, 0.6) is 0 Å². The number of nitrogen functional groups attached to an aromatic ring is 1. The van der Waals surface area contributed by atoms with E-state index >= 15 is 0 Å². The van der Waals surface area contributed by atoms with Gasteiger partial charge in [-0.05, 0) is 28.5 Å². The Morgan fingerprint density at radius 1 is 1.44 bits per heavy atom. The fourth-order valence-electron chi connectivity index (χ4n) is 1.24. The maximum absolute atomic E-state index is 9.06. The molecule has 1 aromatic carbocycles. The predicted molar refractivity (Wildman–Crippen MR) is 64.7 cm³/mol. The molecule has 1 aromatic heterocycles. The molecular weight excluding hydrogens is 260 g/mol. The van der Waals surface area contributed by atoms with Gasteiger partial charge in [-0.25, -0.2) is 15.5 Å². The van der Waals surface area contributed by atoms with E-state index in [1.54, 1.807) is 24.3 Å². The maximum atomic E-state index is 9.06. The van der Waals surface area contributed by atoms with E-state index < -0.39 is 0 Å². The molecule has 0 bridgehead atoms. The smallest absolute Gasteiger partial charge is 0.216 e. The Balaban J connectivity index is 2.39. The van der Waals surface area contributed by atoms with E-state index in [9.17, 15) is 0 Å². The highest BCUT2D eigenvalue weighted by molar-refractivity contribution is 6.30. The summed E-state index contributed by atoms with van der Waals surface area (Å²) >= 11 is 5.82. The number of hydroxylamine groups is 1. The number of aliphatic imine (C=N–C) groups is 1. The number of hydrogen-bond acceptors (Lipinski definition) is 7. The number of aromatic nitrogens is 2. The van der Waals surface area contributed by atoms with Crippen molar-refractivity contribution in [3.63, 3.8) is 0 Å². The molecule has 0 aliphatic heterocycles. The molecule has 0 aliphatic rings. The lowest BCUT2D eigenvalue weighted by atomic mass is 10.3. The summed E-state index contributed by atoms with van der Waals surface area (Å²) in [6.45, 7) is 0. The number of rotatable bonds is 3. The number of nitrogens with zero attached hydrogens (tertiary/aromatic N) is 3. The van der Waals surface area contributed by atoms with Gasteiger partial charge in [0.05, 0.1) is 5.69 Å². The van der Waals surface area contributed by atoms with Gasteiger partial charge in [-0.1, -0.05) is 17.7 Å². The molecule has 18 heavy (non-hydrogen) atoms. The molecule has 8 nitrogen and oxygen atoms in total. The van der Waals surface area contributed by atoms with Gasteiger partial charge in [-0.2, -0.15) is 0 Å². The van der Waals surface area contributed by atoms with Crippen LogP contribution in [0.4, 0.5) is 11.5 Å². The van der Waals surface area contributed by atoms with Crippen LogP contribution in [0.25, 0.3) is 0 Å². The maximum Gasteiger partial charge on any atom is 0.216 e.